The summed E-state index contributed by atoms with van der Waals surface area (Å²) in [7, 11) is 6.02. The van der Waals surface area contributed by atoms with Gasteiger partial charge >= 0.3 is 7.12 Å². The minimum atomic E-state index is -0.293. The summed E-state index contributed by atoms with van der Waals surface area (Å²) in [4.78, 5) is 4.45. The van der Waals surface area contributed by atoms with Crippen LogP contribution in [0.2, 0.25) is 0 Å². The first kappa shape index (κ1) is 23.5. The number of halogens is 2. The molecule has 1 aromatic rings. The zero-order valence-electron chi connectivity index (χ0n) is 15.8. The molecule has 1 aromatic carbocycles. The predicted octanol–water partition coefficient (Wildman–Crippen LogP) is 2.83. The van der Waals surface area contributed by atoms with Crippen molar-refractivity contribution in [1.29, 1.82) is 0 Å². The van der Waals surface area contributed by atoms with Gasteiger partial charge in [0.2, 0.25) is 0 Å². The SMILES string of the molecule is CN(C)CCN(C)c1ccc(B2OC(C)(C)C(C)(C)O2)cc1.Cl.Cl. The largest absolute Gasteiger partial charge is 0.494 e. The molecule has 0 amide bonds. The zero-order chi connectivity index (χ0) is 16.5. The number of benzene rings is 1. The van der Waals surface area contributed by atoms with Crippen molar-refractivity contribution in [2.75, 3.05) is 39.1 Å². The molecule has 0 atom stereocenters. The highest BCUT2D eigenvalue weighted by Crippen LogP contribution is 2.36. The van der Waals surface area contributed by atoms with E-state index in [1.807, 2.05) is 0 Å². The molecule has 0 spiro atoms. The number of anilines is 1. The van der Waals surface area contributed by atoms with E-state index in [4.69, 9.17) is 9.31 Å². The highest BCUT2D eigenvalue weighted by Gasteiger charge is 2.51. The molecule has 1 heterocycles. The molecule has 0 N–H and O–H groups in total. The Balaban J connectivity index is 0.00000264. The van der Waals surface area contributed by atoms with E-state index in [9.17, 15) is 0 Å². The van der Waals surface area contributed by atoms with Gasteiger partial charge in [0.1, 0.15) is 0 Å². The van der Waals surface area contributed by atoms with Crippen LogP contribution in [0.3, 0.4) is 0 Å². The molecule has 0 saturated carbocycles. The topological polar surface area (TPSA) is 24.9 Å². The molecule has 0 aliphatic carbocycles. The van der Waals surface area contributed by atoms with Gasteiger partial charge in [-0.3, -0.25) is 0 Å². The van der Waals surface area contributed by atoms with Crippen LogP contribution >= 0.6 is 24.8 Å². The van der Waals surface area contributed by atoms with Gasteiger partial charge in [0.25, 0.3) is 0 Å². The fourth-order valence-corrected chi connectivity index (χ4v) is 2.34. The molecular weight excluding hydrogens is 346 g/mol. The van der Waals surface area contributed by atoms with Gasteiger partial charge in [-0.2, -0.15) is 0 Å². The van der Waals surface area contributed by atoms with Crippen LogP contribution in [-0.4, -0.2) is 57.5 Å². The summed E-state index contributed by atoms with van der Waals surface area (Å²) in [6.07, 6.45) is 0. The van der Waals surface area contributed by atoms with Crippen molar-refractivity contribution < 1.29 is 9.31 Å². The van der Waals surface area contributed by atoms with Crippen LogP contribution < -0.4 is 10.4 Å². The number of rotatable bonds is 5. The van der Waals surface area contributed by atoms with E-state index in [0.29, 0.717) is 0 Å². The smallest absolute Gasteiger partial charge is 0.399 e. The van der Waals surface area contributed by atoms with Crippen LogP contribution in [0.25, 0.3) is 0 Å². The highest BCUT2D eigenvalue weighted by molar-refractivity contribution is 6.62. The van der Waals surface area contributed by atoms with Gasteiger partial charge in [0.15, 0.2) is 0 Å². The van der Waals surface area contributed by atoms with Crippen molar-refractivity contribution in [2.24, 2.45) is 0 Å². The second-order valence-corrected chi connectivity index (χ2v) is 7.40. The van der Waals surface area contributed by atoms with Crippen LogP contribution in [-0.2, 0) is 9.31 Å². The predicted molar refractivity (Wildman–Crippen MR) is 108 cm³/mol. The maximum atomic E-state index is 6.09. The molecule has 1 aliphatic rings. The summed E-state index contributed by atoms with van der Waals surface area (Å²) < 4.78 is 12.2. The van der Waals surface area contributed by atoms with Crippen molar-refractivity contribution >= 4 is 43.1 Å². The van der Waals surface area contributed by atoms with E-state index in [-0.39, 0.29) is 43.1 Å². The third-order valence-corrected chi connectivity index (χ3v) is 4.74. The molecule has 0 bridgehead atoms. The van der Waals surface area contributed by atoms with Gasteiger partial charge < -0.3 is 19.1 Å². The minimum absolute atomic E-state index is 0. The lowest BCUT2D eigenvalue weighted by atomic mass is 9.79. The van der Waals surface area contributed by atoms with Crippen molar-refractivity contribution in [3.8, 4) is 0 Å². The van der Waals surface area contributed by atoms with Crippen LogP contribution in [0.4, 0.5) is 5.69 Å². The van der Waals surface area contributed by atoms with Crippen molar-refractivity contribution in [3.05, 3.63) is 24.3 Å². The first-order chi connectivity index (χ1) is 10.1. The third-order valence-electron chi connectivity index (χ3n) is 4.74. The number of likely N-dealkylation sites (N-methyl/N-ethyl adjacent to an activating group) is 2. The molecule has 1 fully saturated rings. The van der Waals surface area contributed by atoms with Gasteiger partial charge in [-0.15, -0.1) is 24.8 Å². The van der Waals surface area contributed by atoms with E-state index >= 15 is 0 Å². The van der Waals surface area contributed by atoms with E-state index in [2.05, 4.69) is 82.9 Å². The second-order valence-electron chi connectivity index (χ2n) is 7.40. The molecule has 1 aliphatic heterocycles. The Labute approximate surface area is 159 Å². The maximum absolute atomic E-state index is 6.09. The first-order valence-electron chi connectivity index (χ1n) is 7.94. The van der Waals surface area contributed by atoms with Crippen LogP contribution in [0.15, 0.2) is 24.3 Å². The summed E-state index contributed by atoms with van der Waals surface area (Å²) >= 11 is 0. The van der Waals surface area contributed by atoms with E-state index in [0.717, 1.165) is 18.6 Å². The standard InChI is InChI=1S/C17H29BN2O2.2ClH/c1-16(2)17(3,4)22-18(21-16)14-8-10-15(11-9-14)20(7)13-12-19(5)6;;/h8-11H,12-13H2,1-7H3;2*1H. The van der Waals surface area contributed by atoms with Gasteiger partial charge in [-0.05, 0) is 59.4 Å². The Bertz CT molecular complexity index is 494. The summed E-state index contributed by atoms with van der Waals surface area (Å²) in [5.74, 6) is 0. The molecule has 24 heavy (non-hydrogen) atoms. The lowest BCUT2D eigenvalue weighted by molar-refractivity contribution is 0.00578. The molecule has 2 rings (SSSR count). The lowest BCUT2D eigenvalue weighted by Crippen LogP contribution is -2.41. The average Bonchev–Trinajstić information content (AvgIpc) is 2.65. The fourth-order valence-electron chi connectivity index (χ4n) is 2.34. The maximum Gasteiger partial charge on any atom is 0.494 e. The molecule has 0 radical (unpaired) electrons. The Morgan fingerprint density at radius 3 is 1.71 bits per heavy atom. The van der Waals surface area contributed by atoms with Gasteiger partial charge in [0.05, 0.1) is 11.2 Å². The van der Waals surface area contributed by atoms with Gasteiger partial charge in [-0.25, -0.2) is 0 Å². The second kappa shape index (κ2) is 8.77. The van der Waals surface area contributed by atoms with Gasteiger partial charge in [-0.1, -0.05) is 12.1 Å². The van der Waals surface area contributed by atoms with Crippen LogP contribution in [0, 0.1) is 0 Å². The van der Waals surface area contributed by atoms with Crippen molar-refractivity contribution in [3.63, 3.8) is 0 Å². The summed E-state index contributed by atoms with van der Waals surface area (Å²) in [6, 6.07) is 8.47. The van der Waals surface area contributed by atoms with Gasteiger partial charge in [0, 0.05) is 25.8 Å². The normalized spacial score (nSPS) is 18.1. The lowest BCUT2D eigenvalue weighted by Gasteiger charge is -2.32. The fraction of sp³-hybridized carbons (Fsp3) is 0.647. The summed E-state index contributed by atoms with van der Waals surface area (Å²) in [6.45, 7) is 10.4. The third kappa shape index (κ3) is 5.27. The Morgan fingerprint density at radius 2 is 1.29 bits per heavy atom. The van der Waals surface area contributed by atoms with Crippen LogP contribution in [0.5, 0.6) is 0 Å². The molecule has 0 unspecified atom stereocenters. The Morgan fingerprint density at radius 1 is 0.833 bits per heavy atom. The highest BCUT2D eigenvalue weighted by atomic mass is 35.5. The Kier molecular flexibility index (Phi) is 8.60. The quantitative estimate of drug-likeness (QED) is 0.737. The molecule has 0 aromatic heterocycles. The average molecular weight is 377 g/mol. The molecule has 7 heteroatoms. The first-order valence-corrected chi connectivity index (χ1v) is 7.94. The summed E-state index contributed by atoms with van der Waals surface area (Å²) in [5, 5.41) is 0. The monoisotopic (exact) mass is 376 g/mol. The van der Waals surface area contributed by atoms with E-state index < -0.39 is 0 Å². The molecule has 4 nitrogen and oxygen atoms in total. The summed E-state index contributed by atoms with van der Waals surface area (Å²) in [5.41, 5.74) is 1.70. The number of nitrogens with zero attached hydrogens (tertiary/aromatic N) is 2. The van der Waals surface area contributed by atoms with E-state index in [1.54, 1.807) is 0 Å². The molecule has 138 valence electrons. The van der Waals surface area contributed by atoms with Crippen molar-refractivity contribution in [2.45, 2.75) is 38.9 Å². The zero-order valence-corrected chi connectivity index (χ0v) is 17.5. The number of hydrogen-bond acceptors (Lipinski definition) is 4. The van der Waals surface area contributed by atoms with Crippen LogP contribution in [0.1, 0.15) is 27.7 Å². The van der Waals surface area contributed by atoms with Crippen molar-refractivity contribution in [1.82, 2.24) is 4.90 Å². The molecule has 1 saturated heterocycles. The minimum Gasteiger partial charge on any atom is -0.399 e. The molecular formula is C17H31BCl2N2O2. The van der Waals surface area contributed by atoms with E-state index in [1.165, 1.54) is 5.69 Å². The Hall–Kier alpha value is -0.455. The number of hydrogen-bond donors (Lipinski definition) is 0.